The Kier molecular flexibility index (Phi) is 7.15. The van der Waals surface area contributed by atoms with Crippen LogP contribution in [0.4, 0.5) is 14.9 Å². The van der Waals surface area contributed by atoms with Crippen molar-refractivity contribution in [3.8, 4) is 0 Å². The molecule has 0 saturated carbocycles. The van der Waals surface area contributed by atoms with Crippen LogP contribution in [-0.4, -0.2) is 24.5 Å². The number of hydrogen-bond acceptors (Lipinski definition) is 2. The molecule has 28 heavy (non-hydrogen) atoms. The molecule has 1 atom stereocenters. The van der Waals surface area contributed by atoms with E-state index in [9.17, 15) is 14.0 Å². The van der Waals surface area contributed by atoms with E-state index in [1.807, 2.05) is 0 Å². The number of halogens is 1. The molecule has 0 fully saturated rings. The first-order valence-corrected chi connectivity index (χ1v) is 9.36. The molecule has 0 aliphatic heterocycles. The molecule has 0 saturated heterocycles. The van der Waals surface area contributed by atoms with Gasteiger partial charge in [0.15, 0.2) is 0 Å². The summed E-state index contributed by atoms with van der Waals surface area (Å²) in [5, 5.41) is 7.74. The summed E-state index contributed by atoms with van der Waals surface area (Å²) >= 11 is 0. The van der Waals surface area contributed by atoms with E-state index in [0.29, 0.717) is 13.0 Å². The number of rotatable bonds is 6. The first-order valence-electron chi connectivity index (χ1n) is 9.36. The van der Waals surface area contributed by atoms with Crippen LogP contribution in [0.1, 0.15) is 38.8 Å². The van der Waals surface area contributed by atoms with Crippen LogP contribution in [0, 0.1) is 5.82 Å². The van der Waals surface area contributed by atoms with Gasteiger partial charge in [-0.05, 0) is 42.0 Å². The third kappa shape index (κ3) is 6.37. The number of benzene rings is 2. The predicted octanol–water partition coefficient (Wildman–Crippen LogP) is 3.99. The number of urea groups is 1. The van der Waals surface area contributed by atoms with Crippen LogP contribution in [0.25, 0.3) is 0 Å². The molecule has 6 heteroatoms. The van der Waals surface area contributed by atoms with E-state index < -0.39 is 23.8 Å². The van der Waals surface area contributed by atoms with Crippen LogP contribution in [0.3, 0.4) is 0 Å². The summed E-state index contributed by atoms with van der Waals surface area (Å²) < 4.78 is 13.6. The molecule has 2 aromatic rings. The molecule has 0 spiro atoms. The third-order valence-electron chi connectivity index (χ3n) is 4.39. The average Bonchev–Trinajstić information content (AvgIpc) is 2.63. The largest absolute Gasteiger partial charge is 0.338 e. The quantitative estimate of drug-likeness (QED) is 0.704. The molecular weight excluding hydrogens is 357 g/mol. The highest BCUT2D eigenvalue weighted by Gasteiger charge is 2.17. The maximum atomic E-state index is 13.6. The molecule has 0 aromatic heterocycles. The smallest absolute Gasteiger partial charge is 0.315 e. The summed E-state index contributed by atoms with van der Waals surface area (Å²) in [6, 6.07) is 13.0. The molecule has 1 unspecified atom stereocenters. The van der Waals surface area contributed by atoms with Crippen LogP contribution in [0.15, 0.2) is 48.5 Å². The van der Waals surface area contributed by atoms with Crippen molar-refractivity contribution in [2.45, 2.75) is 45.6 Å². The van der Waals surface area contributed by atoms with Gasteiger partial charge in [0, 0.05) is 6.54 Å². The van der Waals surface area contributed by atoms with Gasteiger partial charge in [-0.15, -0.1) is 0 Å². The van der Waals surface area contributed by atoms with Gasteiger partial charge in [-0.1, -0.05) is 57.2 Å². The standard InChI is InChI=1S/C22H28FN3O2/c1-15(20(27)26-19-8-6-5-7-18(19)23)25-21(28)24-14-13-16-9-11-17(12-10-16)22(2,3)4/h5-12,15H,13-14H2,1-4H3,(H,26,27)(H2,24,25,28). The van der Waals surface area contributed by atoms with Crippen LogP contribution >= 0.6 is 0 Å². The summed E-state index contributed by atoms with van der Waals surface area (Å²) in [6.45, 7) is 8.48. The van der Waals surface area contributed by atoms with E-state index in [1.165, 1.54) is 23.8 Å². The Balaban J connectivity index is 1.76. The minimum absolute atomic E-state index is 0.0836. The molecule has 0 bridgehead atoms. The van der Waals surface area contributed by atoms with Crippen molar-refractivity contribution < 1.29 is 14.0 Å². The van der Waals surface area contributed by atoms with E-state index in [0.717, 1.165) is 5.56 Å². The molecule has 2 aromatic carbocycles. The van der Waals surface area contributed by atoms with Crippen molar-refractivity contribution in [1.29, 1.82) is 0 Å². The van der Waals surface area contributed by atoms with Gasteiger partial charge >= 0.3 is 6.03 Å². The highest BCUT2D eigenvalue weighted by Crippen LogP contribution is 2.22. The second-order valence-electron chi connectivity index (χ2n) is 7.79. The Hall–Kier alpha value is -2.89. The first kappa shape index (κ1) is 21.4. The predicted molar refractivity (Wildman–Crippen MR) is 110 cm³/mol. The van der Waals surface area contributed by atoms with Gasteiger partial charge in [0.2, 0.25) is 5.91 Å². The van der Waals surface area contributed by atoms with Crippen molar-refractivity contribution in [3.05, 3.63) is 65.5 Å². The fraction of sp³-hybridized carbons (Fsp3) is 0.364. The molecule has 0 aliphatic carbocycles. The Bertz CT molecular complexity index is 813. The van der Waals surface area contributed by atoms with Crippen molar-refractivity contribution in [2.75, 3.05) is 11.9 Å². The van der Waals surface area contributed by atoms with Crippen molar-refractivity contribution in [3.63, 3.8) is 0 Å². The van der Waals surface area contributed by atoms with Crippen molar-refractivity contribution >= 4 is 17.6 Å². The van der Waals surface area contributed by atoms with Gasteiger partial charge in [-0.25, -0.2) is 9.18 Å². The van der Waals surface area contributed by atoms with Gasteiger partial charge in [-0.2, -0.15) is 0 Å². The summed E-state index contributed by atoms with van der Waals surface area (Å²) in [4.78, 5) is 24.1. The van der Waals surface area contributed by atoms with E-state index in [-0.39, 0.29) is 11.1 Å². The molecule has 150 valence electrons. The lowest BCUT2D eigenvalue weighted by Gasteiger charge is -2.19. The van der Waals surface area contributed by atoms with E-state index in [1.54, 1.807) is 13.0 Å². The van der Waals surface area contributed by atoms with E-state index >= 15 is 0 Å². The van der Waals surface area contributed by atoms with E-state index in [2.05, 4.69) is 61.0 Å². The molecule has 0 aliphatic rings. The van der Waals surface area contributed by atoms with E-state index in [4.69, 9.17) is 0 Å². The highest BCUT2D eigenvalue weighted by atomic mass is 19.1. The lowest BCUT2D eigenvalue weighted by molar-refractivity contribution is -0.117. The fourth-order valence-corrected chi connectivity index (χ4v) is 2.61. The molecule has 3 N–H and O–H groups in total. The Morgan fingerprint density at radius 1 is 1.04 bits per heavy atom. The van der Waals surface area contributed by atoms with Gasteiger partial charge in [-0.3, -0.25) is 4.79 Å². The highest BCUT2D eigenvalue weighted by molar-refractivity contribution is 5.96. The first-order chi connectivity index (χ1) is 13.2. The average molecular weight is 385 g/mol. The van der Waals surface area contributed by atoms with Gasteiger partial charge in [0.25, 0.3) is 0 Å². The Morgan fingerprint density at radius 2 is 1.68 bits per heavy atom. The second-order valence-corrected chi connectivity index (χ2v) is 7.79. The number of nitrogens with one attached hydrogen (secondary N) is 3. The lowest BCUT2D eigenvalue weighted by Crippen LogP contribution is -2.46. The minimum atomic E-state index is -0.800. The monoisotopic (exact) mass is 385 g/mol. The fourth-order valence-electron chi connectivity index (χ4n) is 2.61. The van der Waals surface area contributed by atoms with Crippen molar-refractivity contribution in [2.24, 2.45) is 0 Å². The van der Waals surface area contributed by atoms with Crippen LogP contribution in [0.2, 0.25) is 0 Å². The van der Waals surface area contributed by atoms with Gasteiger partial charge in [0.05, 0.1) is 5.69 Å². The summed E-state index contributed by atoms with van der Waals surface area (Å²) in [7, 11) is 0. The number of carbonyl (C=O) groups excluding carboxylic acids is 2. The summed E-state index contributed by atoms with van der Waals surface area (Å²) in [5.74, 6) is -1.01. The Labute approximate surface area is 165 Å². The Morgan fingerprint density at radius 3 is 2.29 bits per heavy atom. The molecule has 3 amide bonds. The number of anilines is 1. The van der Waals surface area contributed by atoms with Gasteiger partial charge < -0.3 is 16.0 Å². The zero-order valence-corrected chi connectivity index (χ0v) is 16.8. The minimum Gasteiger partial charge on any atom is -0.338 e. The molecule has 5 nitrogen and oxygen atoms in total. The summed E-state index contributed by atoms with van der Waals surface area (Å²) in [6.07, 6.45) is 0.688. The maximum absolute atomic E-state index is 13.6. The second kappa shape index (κ2) is 9.35. The molecule has 2 rings (SSSR count). The SMILES string of the molecule is CC(NC(=O)NCCc1ccc(C(C)(C)C)cc1)C(=O)Nc1ccccc1F. The zero-order valence-electron chi connectivity index (χ0n) is 16.8. The lowest BCUT2D eigenvalue weighted by atomic mass is 9.86. The maximum Gasteiger partial charge on any atom is 0.315 e. The number of hydrogen-bond donors (Lipinski definition) is 3. The normalized spacial score (nSPS) is 12.2. The molecule has 0 radical (unpaired) electrons. The third-order valence-corrected chi connectivity index (χ3v) is 4.39. The molecule has 0 heterocycles. The van der Waals surface area contributed by atoms with Crippen molar-refractivity contribution in [1.82, 2.24) is 10.6 Å². The zero-order chi connectivity index (χ0) is 20.7. The topological polar surface area (TPSA) is 70.2 Å². The van der Waals surface area contributed by atoms with Crippen LogP contribution < -0.4 is 16.0 Å². The molecular formula is C22H28FN3O2. The van der Waals surface area contributed by atoms with Crippen LogP contribution in [-0.2, 0) is 16.6 Å². The summed E-state index contributed by atoms with van der Waals surface area (Å²) in [5.41, 5.74) is 2.58. The number of para-hydroxylation sites is 1. The van der Waals surface area contributed by atoms with Gasteiger partial charge in [0.1, 0.15) is 11.9 Å². The van der Waals surface area contributed by atoms with Crippen LogP contribution in [0.5, 0.6) is 0 Å². The number of amides is 3. The number of carbonyl (C=O) groups is 2.